The summed E-state index contributed by atoms with van der Waals surface area (Å²) >= 11 is 0. The summed E-state index contributed by atoms with van der Waals surface area (Å²) in [6, 6.07) is 14.2. The van der Waals surface area contributed by atoms with Crippen molar-refractivity contribution in [1.82, 2.24) is 20.4 Å². The second-order valence-electron chi connectivity index (χ2n) is 7.78. The Morgan fingerprint density at radius 2 is 1.83 bits per heavy atom. The number of piperidine rings is 1. The van der Waals surface area contributed by atoms with Gasteiger partial charge in [0.05, 0.1) is 6.54 Å². The van der Waals surface area contributed by atoms with Crippen LogP contribution in [0.4, 0.5) is 4.39 Å². The Morgan fingerprint density at radius 1 is 1.13 bits per heavy atom. The van der Waals surface area contributed by atoms with E-state index in [1.807, 2.05) is 31.2 Å². The lowest BCUT2D eigenvalue weighted by Gasteiger charge is -2.29. The normalized spacial score (nSPS) is 15.3. The van der Waals surface area contributed by atoms with Crippen molar-refractivity contribution in [3.05, 3.63) is 71.4 Å². The third-order valence-corrected chi connectivity index (χ3v) is 5.46. The molecule has 2 heterocycles. The molecule has 156 valence electrons. The third-order valence-electron chi connectivity index (χ3n) is 5.46. The number of amides is 1. The molecular weight excluding hydrogens is 383 g/mol. The summed E-state index contributed by atoms with van der Waals surface area (Å²) in [4.78, 5) is 18.9. The maximum atomic E-state index is 12.9. The van der Waals surface area contributed by atoms with Crippen LogP contribution in [0, 0.1) is 12.7 Å². The zero-order chi connectivity index (χ0) is 20.9. The van der Waals surface area contributed by atoms with E-state index in [2.05, 4.69) is 20.4 Å². The summed E-state index contributed by atoms with van der Waals surface area (Å²) in [6.45, 7) is 4.40. The number of aromatic nitrogens is 2. The quantitative estimate of drug-likeness (QED) is 0.674. The molecule has 0 saturated carbocycles. The molecule has 3 aromatic rings. The molecule has 7 heteroatoms. The number of nitrogens with one attached hydrogen (secondary N) is 1. The number of benzene rings is 2. The number of halogens is 1. The van der Waals surface area contributed by atoms with Crippen molar-refractivity contribution >= 4 is 5.91 Å². The van der Waals surface area contributed by atoms with Crippen LogP contribution in [0.15, 0.2) is 53.1 Å². The van der Waals surface area contributed by atoms with Gasteiger partial charge in [-0.15, -0.1) is 0 Å². The maximum Gasteiger partial charge on any atom is 0.234 e. The van der Waals surface area contributed by atoms with Crippen LogP contribution in [0.1, 0.15) is 35.8 Å². The first-order chi connectivity index (χ1) is 14.6. The van der Waals surface area contributed by atoms with Crippen molar-refractivity contribution in [2.24, 2.45) is 0 Å². The first-order valence-corrected chi connectivity index (χ1v) is 10.2. The molecule has 1 N–H and O–H groups in total. The molecule has 4 rings (SSSR count). The zero-order valence-corrected chi connectivity index (χ0v) is 17.0. The van der Waals surface area contributed by atoms with Crippen molar-refractivity contribution < 1.29 is 13.7 Å². The number of nitrogens with zero attached hydrogens (tertiary/aromatic N) is 3. The Bertz CT molecular complexity index is 977. The molecule has 1 aliphatic rings. The highest BCUT2D eigenvalue weighted by atomic mass is 19.1. The van der Waals surface area contributed by atoms with Crippen LogP contribution in [0.2, 0.25) is 0 Å². The second kappa shape index (κ2) is 9.17. The van der Waals surface area contributed by atoms with E-state index in [1.54, 1.807) is 12.1 Å². The van der Waals surface area contributed by atoms with Gasteiger partial charge in [0.2, 0.25) is 17.6 Å². The number of carbonyl (C=O) groups excluding carboxylic acids is 1. The maximum absolute atomic E-state index is 12.9. The van der Waals surface area contributed by atoms with Crippen LogP contribution in [-0.2, 0) is 11.3 Å². The molecule has 1 saturated heterocycles. The number of hydrogen-bond acceptors (Lipinski definition) is 5. The van der Waals surface area contributed by atoms with E-state index < -0.39 is 0 Å². The van der Waals surface area contributed by atoms with Gasteiger partial charge in [-0.25, -0.2) is 4.39 Å². The fraction of sp³-hybridized carbons (Fsp3) is 0.348. The third kappa shape index (κ3) is 5.10. The molecule has 0 bridgehead atoms. The van der Waals surface area contributed by atoms with Gasteiger partial charge < -0.3 is 9.84 Å². The molecular formula is C23H25FN4O2. The van der Waals surface area contributed by atoms with Gasteiger partial charge in [0.15, 0.2) is 0 Å². The number of likely N-dealkylation sites (tertiary alicyclic amines) is 1. The lowest BCUT2D eigenvalue weighted by atomic mass is 9.97. The van der Waals surface area contributed by atoms with E-state index in [9.17, 15) is 9.18 Å². The SMILES string of the molecule is Cc1ccc(-c2noc(C3CCN(CC(=O)NCc4ccc(F)cc4)CC3)n2)cc1. The van der Waals surface area contributed by atoms with Crippen molar-refractivity contribution in [3.63, 3.8) is 0 Å². The van der Waals surface area contributed by atoms with Gasteiger partial charge in [-0.2, -0.15) is 4.98 Å². The number of hydrogen-bond donors (Lipinski definition) is 1. The molecule has 0 atom stereocenters. The molecule has 1 fully saturated rings. The molecule has 1 aromatic heterocycles. The average molecular weight is 408 g/mol. The number of carbonyl (C=O) groups is 1. The van der Waals surface area contributed by atoms with Crippen molar-refractivity contribution in [3.8, 4) is 11.4 Å². The summed E-state index contributed by atoms with van der Waals surface area (Å²) in [5.74, 6) is 1.20. The minimum atomic E-state index is -0.278. The second-order valence-corrected chi connectivity index (χ2v) is 7.78. The highest BCUT2D eigenvalue weighted by Gasteiger charge is 2.26. The first kappa shape index (κ1) is 20.2. The Hall–Kier alpha value is -3.06. The van der Waals surface area contributed by atoms with Crippen molar-refractivity contribution in [2.45, 2.75) is 32.2 Å². The van der Waals surface area contributed by atoms with Gasteiger partial charge in [0.25, 0.3) is 0 Å². The van der Waals surface area contributed by atoms with E-state index in [0.717, 1.165) is 37.1 Å². The summed E-state index contributed by atoms with van der Waals surface area (Å²) in [5, 5.41) is 7.02. The minimum Gasteiger partial charge on any atom is -0.351 e. The summed E-state index contributed by atoms with van der Waals surface area (Å²) in [6.07, 6.45) is 1.75. The van der Waals surface area contributed by atoms with Crippen LogP contribution in [0.5, 0.6) is 0 Å². The Kier molecular flexibility index (Phi) is 6.18. The average Bonchev–Trinajstić information content (AvgIpc) is 3.25. The number of aryl methyl sites for hydroxylation is 1. The largest absolute Gasteiger partial charge is 0.351 e. The molecule has 6 nitrogen and oxygen atoms in total. The molecule has 1 amide bonds. The van der Waals surface area contributed by atoms with Gasteiger partial charge in [0, 0.05) is 18.0 Å². The molecule has 0 radical (unpaired) electrons. The highest BCUT2D eigenvalue weighted by Crippen LogP contribution is 2.28. The van der Waals surface area contributed by atoms with E-state index in [0.29, 0.717) is 24.8 Å². The minimum absolute atomic E-state index is 0.0303. The molecule has 1 aliphatic heterocycles. The van der Waals surface area contributed by atoms with Crippen LogP contribution in [0.25, 0.3) is 11.4 Å². The van der Waals surface area contributed by atoms with Crippen molar-refractivity contribution in [2.75, 3.05) is 19.6 Å². The van der Waals surface area contributed by atoms with Crippen LogP contribution < -0.4 is 5.32 Å². The van der Waals surface area contributed by atoms with E-state index >= 15 is 0 Å². The van der Waals surface area contributed by atoms with E-state index in [1.165, 1.54) is 17.7 Å². The van der Waals surface area contributed by atoms with Crippen LogP contribution in [0.3, 0.4) is 0 Å². The highest BCUT2D eigenvalue weighted by molar-refractivity contribution is 5.78. The predicted molar refractivity (Wildman–Crippen MR) is 111 cm³/mol. The fourth-order valence-corrected chi connectivity index (χ4v) is 3.62. The molecule has 0 spiro atoms. The molecule has 0 aliphatic carbocycles. The van der Waals surface area contributed by atoms with Gasteiger partial charge in [-0.3, -0.25) is 9.69 Å². The predicted octanol–water partition coefficient (Wildman–Crippen LogP) is 3.68. The molecule has 2 aromatic carbocycles. The first-order valence-electron chi connectivity index (χ1n) is 10.2. The standard InChI is InChI=1S/C23H25FN4O2/c1-16-2-6-18(7-3-16)22-26-23(30-27-22)19-10-12-28(13-11-19)15-21(29)25-14-17-4-8-20(24)9-5-17/h2-9,19H,10-15H2,1H3,(H,25,29). The van der Waals surface area contributed by atoms with Gasteiger partial charge in [-0.05, 0) is 50.6 Å². The molecule has 0 unspecified atom stereocenters. The van der Waals surface area contributed by atoms with Crippen LogP contribution in [-0.4, -0.2) is 40.6 Å². The van der Waals surface area contributed by atoms with Gasteiger partial charge in [0.1, 0.15) is 5.82 Å². The Morgan fingerprint density at radius 3 is 2.53 bits per heavy atom. The molecule has 30 heavy (non-hydrogen) atoms. The van der Waals surface area contributed by atoms with Gasteiger partial charge in [-0.1, -0.05) is 47.1 Å². The Labute approximate surface area is 175 Å². The fourth-order valence-electron chi connectivity index (χ4n) is 3.62. The Balaban J connectivity index is 1.24. The summed E-state index contributed by atoms with van der Waals surface area (Å²) in [7, 11) is 0. The summed E-state index contributed by atoms with van der Waals surface area (Å²) in [5.41, 5.74) is 3.02. The van der Waals surface area contributed by atoms with E-state index in [-0.39, 0.29) is 17.6 Å². The van der Waals surface area contributed by atoms with Crippen LogP contribution >= 0.6 is 0 Å². The topological polar surface area (TPSA) is 71.3 Å². The number of rotatable bonds is 6. The lowest BCUT2D eigenvalue weighted by molar-refractivity contribution is -0.122. The zero-order valence-electron chi connectivity index (χ0n) is 17.0. The monoisotopic (exact) mass is 408 g/mol. The van der Waals surface area contributed by atoms with Gasteiger partial charge >= 0.3 is 0 Å². The summed E-state index contributed by atoms with van der Waals surface area (Å²) < 4.78 is 18.5. The lowest BCUT2D eigenvalue weighted by Crippen LogP contribution is -2.41. The van der Waals surface area contributed by atoms with Crippen molar-refractivity contribution in [1.29, 1.82) is 0 Å². The smallest absolute Gasteiger partial charge is 0.234 e. The van der Waals surface area contributed by atoms with E-state index in [4.69, 9.17) is 4.52 Å².